The molecule has 2 fully saturated rings. The van der Waals surface area contributed by atoms with Crippen LogP contribution in [0.15, 0.2) is 17.5 Å². The molecule has 0 radical (unpaired) electrons. The molecule has 5 nitrogen and oxygen atoms in total. The van der Waals surface area contributed by atoms with Gasteiger partial charge in [0.05, 0.1) is 5.92 Å². The second-order valence-electron chi connectivity index (χ2n) is 5.91. The third kappa shape index (κ3) is 3.67. The van der Waals surface area contributed by atoms with Crippen LogP contribution in [0.2, 0.25) is 0 Å². The number of hydrogen-bond donors (Lipinski definition) is 1. The monoisotopic (exact) mass is 322 g/mol. The van der Waals surface area contributed by atoms with Crippen LogP contribution < -0.4 is 5.32 Å². The molecule has 2 saturated heterocycles. The van der Waals surface area contributed by atoms with Crippen LogP contribution in [0.25, 0.3) is 0 Å². The summed E-state index contributed by atoms with van der Waals surface area (Å²) in [5.41, 5.74) is 0. The van der Waals surface area contributed by atoms with Gasteiger partial charge in [-0.05, 0) is 30.7 Å². The smallest absolute Gasteiger partial charge is 0.225 e. The molecule has 3 heterocycles. The molecular formula is C16H22N2O3S. The molecule has 0 bridgehead atoms. The molecule has 1 unspecified atom stereocenters. The SMILES string of the molecule is O=C(NCCc1cccs1)C1CC(=O)N(C2CCOCC2)C1. The van der Waals surface area contributed by atoms with Crippen LogP contribution in [0.5, 0.6) is 0 Å². The van der Waals surface area contributed by atoms with E-state index in [2.05, 4.69) is 11.4 Å². The van der Waals surface area contributed by atoms with E-state index in [0.29, 0.717) is 32.7 Å². The van der Waals surface area contributed by atoms with E-state index in [0.717, 1.165) is 19.3 Å². The van der Waals surface area contributed by atoms with Gasteiger partial charge in [-0.15, -0.1) is 11.3 Å². The highest BCUT2D eigenvalue weighted by atomic mass is 32.1. The fourth-order valence-corrected chi connectivity index (χ4v) is 3.87. The van der Waals surface area contributed by atoms with Gasteiger partial charge in [-0.2, -0.15) is 0 Å². The fraction of sp³-hybridized carbons (Fsp3) is 0.625. The second kappa shape index (κ2) is 7.24. The summed E-state index contributed by atoms with van der Waals surface area (Å²) < 4.78 is 5.34. The first-order valence-electron chi connectivity index (χ1n) is 7.91. The molecule has 3 rings (SSSR count). The van der Waals surface area contributed by atoms with Crippen LogP contribution in [0.3, 0.4) is 0 Å². The maximum atomic E-state index is 12.2. The predicted octanol–water partition coefficient (Wildman–Crippen LogP) is 1.43. The van der Waals surface area contributed by atoms with Crippen molar-refractivity contribution in [2.45, 2.75) is 31.7 Å². The number of hydrogen-bond acceptors (Lipinski definition) is 4. The molecule has 1 N–H and O–H groups in total. The first-order valence-corrected chi connectivity index (χ1v) is 8.79. The Kier molecular flexibility index (Phi) is 5.10. The number of thiophene rings is 1. The maximum absolute atomic E-state index is 12.2. The summed E-state index contributed by atoms with van der Waals surface area (Å²) in [7, 11) is 0. The first-order chi connectivity index (χ1) is 10.7. The van der Waals surface area contributed by atoms with Gasteiger partial charge in [0.25, 0.3) is 0 Å². The highest BCUT2D eigenvalue weighted by molar-refractivity contribution is 7.09. The standard InChI is InChI=1S/C16H22N2O3S/c19-15-10-12(11-18(15)13-4-7-21-8-5-13)16(20)17-6-3-14-2-1-9-22-14/h1-2,9,12-13H,3-8,10-11H2,(H,17,20). The largest absolute Gasteiger partial charge is 0.381 e. The lowest BCUT2D eigenvalue weighted by molar-refractivity contribution is -0.131. The van der Waals surface area contributed by atoms with Crippen LogP contribution in [-0.2, 0) is 20.7 Å². The normalized spacial score (nSPS) is 23.0. The van der Waals surface area contributed by atoms with Crippen molar-refractivity contribution in [2.24, 2.45) is 5.92 Å². The van der Waals surface area contributed by atoms with Crippen LogP contribution in [-0.4, -0.2) is 49.1 Å². The lowest BCUT2D eigenvalue weighted by atomic mass is 10.1. The summed E-state index contributed by atoms with van der Waals surface area (Å²) in [4.78, 5) is 27.6. The average molecular weight is 322 g/mol. The van der Waals surface area contributed by atoms with Gasteiger partial charge in [-0.25, -0.2) is 0 Å². The van der Waals surface area contributed by atoms with Gasteiger partial charge in [0.1, 0.15) is 0 Å². The van der Waals surface area contributed by atoms with Crippen LogP contribution in [0, 0.1) is 5.92 Å². The Hall–Kier alpha value is -1.40. The molecule has 0 aromatic carbocycles. The second-order valence-corrected chi connectivity index (χ2v) is 6.94. The molecule has 2 aliphatic rings. The minimum atomic E-state index is -0.196. The molecule has 2 aliphatic heterocycles. The lowest BCUT2D eigenvalue weighted by Crippen LogP contribution is -2.41. The molecule has 1 aromatic rings. The molecule has 1 atom stereocenters. The predicted molar refractivity (Wildman–Crippen MR) is 84.7 cm³/mol. The van der Waals surface area contributed by atoms with E-state index in [9.17, 15) is 9.59 Å². The Bertz CT molecular complexity index is 511. The highest BCUT2D eigenvalue weighted by Crippen LogP contribution is 2.25. The van der Waals surface area contributed by atoms with Gasteiger partial charge in [0.2, 0.25) is 11.8 Å². The summed E-state index contributed by atoms with van der Waals surface area (Å²) in [6, 6.07) is 4.34. The molecular weight excluding hydrogens is 300 g/mol. The number of carbonyl (C=O) groups excluding carboxylic acids is 2. The van der Waals surface area contributed by atoms with Gasteiger partial charge in [-0.1, -0.05) is 6.07 Å². The van der Waals surface area contributed by atoms with E-state index < -0.39 is 0 Å². The highest BCUT2D eigenvalue weighted by Gasteiger charge is 2.38. The maximum Gasteiger partial charge on any atom is 0.225 e. The minimum Gasteiger partial charge on any atom is -0.381 e. The number of amides is 2. The van der Waals surface area contributed by atoms with Crippen molar-refractivity contribution in [2.75, 3.05) is 26.3 Å². The molecule has 0 saturated carbocycles. The Balaban J connectivity index is 1.46. The zero-order chi connectivity index (χ0) is 15.4. The van der Waals surface area contributed by atoms with Crippen molar-refractivity contribution in [3.63, 3.8) is 0 Å². The molecule has 1 aromatic heterocycles. The summed E-state index contributed by atoms with van der Waals surface area (Å²) in [5.74, 6) is -0.0662. The van der Waals surface area contributed by atoms with E-state index in [1.54, 1.807) is 11.3 Å². The summed E-state index contributed by atoms with van der Waals surface area (Å²) in [6.45, 7) is 2.63. The van der Waals surface area contributed by atoms with Crippen molar-refractivity contribution in [3.8, 4) is 0 Å². The van der Waals surface area contributed by atoms with Gasteiger partial charge in [0.15, 0.2) is 0 Å². The third-order valence-electron chi connectivity index (χ3n) is 4.41. The Morgan fingerprint density at radius 1 is 1.41 bits per heavy atom. The van der Waals surface area contributed by atoms with Gasteiger partial charge in [0, 0.05) is 43.6 Å². The topological polar surface area (TPSA) is 58.6 Å². The van der Waals surface area contributed by atoms with Gasteiger partial charge < -0.3 is 15.0 Å². The number of carbonyl (C=O) groups is 2. The van der Waals surface area contributed by atoms with E-state index in [1.165, 1.54) is 4.88 Å². The number of nitrogens with one attached hydrogen (secondary N) is 1. The van der Waals surface area contributed by atoms with Crippen LogP contribution in [0.4, 0.5) is 0 Å². The Morgan fingerprint density at radius 2 is 2.23 bits per heavy atom. The number of likely N-dealkylation sites (tertiary alicyclic amines) is 1. The molecule has 0 aliphatic carbocycles. The zero-order valence-electron chi connectivity index (χ0n) is 12.6. The molecule has 0 spiro atoms. The van der Waals surface area contributed by atoms with Crippen molar-refractivity contribution in [3.05, 3.63) is 22.4 Å². The number of nitrogens with zero attached hydrogens (tertiary/aromatic N) is 1. The molecule has 2 amide bonds. The molecule has 22 heavy (non-hydrogen) atoms. The molecule has 120 valence electrons. The first kappa shape index (κ1) is 15.5. The van der Waals surface area contributed by atoms with E-state index in [1.807, 2.05) is 16.3 Å². The summed E-state index contributed by atoms with van der Waals surface area (Å²) >= 11 is 1.70. The van der Waals surface area contributed by atoms with Crippen LogP contribution in [0.1, 0.15) is 24.1 Å². The van der Waals surface area contributed by atoms with Crippen molar-refractivity contribution >= 4 is 23.2 Å². The van der Waals surface area contributed by atoms with E-state index in [-0.39, 0.29) is 23.8 Å². The summed E-state index contributed by atoms with van der Waals surface area (Å²) in [5, 5.41) is 5.01. The average Bonchev–Trinajstić information content (AvgIpc) is 3.17. The number of rotatable bonds is 5. The molecule has 6 heteroatoms. The van der Waals surface area contributed by atoms with Gasteiger partial charge >= 0.3 is 0 Å². The van der Waals surface area contributed by atoms with E-state index >= 15 is 0 Å². The van der Waals surface area contributed by atoms with Crippen molar-refractivity contribution in [1.82, 2.24) is 10.2 Å². The zero-order valence-corrected chi connectivity index (χ0v) is 13.4. The third-order valence-corrected chi connectivity index (χ3v) is 5.35. The van der Waals surface area contributed by atoms with Gasteiger partial charge in [-0.3, -0.25) is 9.59 Å². The van der Waals surface area contributed by atoms with Crippen LogP contribution >= 0.6 is 11.3 Å². The minimum absolute atomic E-state index is 0.0134. The Labute approximate surface area is 134 Å². The quantitative estimate of drug-likeness (QED) is 0.892. The van der Waals surface area contributed by atoms with Crippen molar-refractivity contribution < 1.29 is 14.3 Å². The Morgan fingerprint density at radius 3 is 2.95 bits per heavy atom. The lowest BCUT2D eigenvalue weighted by Gasteiger charge is -2.31. The number of ether oxygens (including phenoxy) is 1. The van der Waals surface area contributed by atoms with E-state index in [4.69, 9.17) is 4.74 Å². The van der Waals surface area contributed by atoms with Crippen molar-refractivity contribution in [1.29, 1.82) is 0 Å². The fourth-order valence-electron chi connectivity index (χ4n) is 3.17. The summed E-state index contributed by atoms with van der Waals surface area (Å²) in [6.07, 6.45) is 2.98.